The Bertz CT molecular complexity index is 745. The number of methoxy groups -OCH3 is 1. The molecule has 0 N–H and O–H groups in total. The van der Waals surface area contributed by atoms with Crippen LogP contribution >= 0.6 is 11.3 Å². The number of fused-ring (bicyclic) bond motifs is 2. The van der Waals surface area contributed by atoms with Crippen molar-refractivity contribution < 1.29 is 4.74 Å². The van der Waals surface area contributed by atoms with Crippen LogP contribution in [0.4, 0.5) is 0 Å². The molecule has 0 unspecified atom stereocenters. The lowest BCUT2D eigenvalue weighted by molar-refractivity contribution is 0.415. The number of rotatable bonds is 3. The molecule has 1 aromatic carbocycles. The molecule has 0 saturated carbocycles. The summed E-state index contributed by atoms with van der Waals surface area (Å²) in [7, 11) is 1.70. The second-order valence-corrected chi connectivity index (χ2v) is 5.69. The first-order chi connectivity index (χ1) is 9.26. The van der Waals surface area contributed by atoms with Crippen LogP contribution in [0.5, 0.6) is 5.75 Å². The van der Waals surface area contributed by atoms with E-state index < -0.39 is 0 Å². The molecule has 2 heterocycles. The summed E-state index contributed by atoms with van der Waals surface area (Å²) in [6.07, 6.45) is 2.16. The molecule has 0 aliphatic rings. The summed E-state index contributed by atoms with van der Waals surface area (Å²) in [5.74, 6) is 0.887. The second kappa shape index (κ2) is 4.82. The zero-order valence-corrected chi connectivity index (χ0v) is 12.3. The third kappa shape index (κ3) is 1.98. The number of nitrogens with zero attached hydrogens (tertiary/aromatic N) is 1. The van der Waals surface area contributed by atoms with Gasteiger partial charge in [-0.25, -0.2) is 4.98 Å². The molecule has 0 amide bonds. The minimum absolute atomic E-state index is 0.887. The number of hydrogen-bond donors (Lipinski definition) is 0. The van der Waals surface area contributed by atoms with E-state index in [0.717, 1.165) is 34.3 Å². The first-order valence-electron chi connectivity index (χ1n) is 6.65. The van der Waals surface area contributed by atoms with Crippen LogP contribution in [0.1, 0.15) is 24.3 Å². The molecule has 0 radical (unpaired) electrons. The van der Waals surface area contributed by atoms with Crippen LogP contribution in [-0.4, -0.2) is 12.1 Å². The molecule has 0 spiro atoms. The van der Waals surface area contributed by atoms with Crippen LogP contribution in [0.25, 0.3) is 21.1 Å². The van der Waals surface area contributed by atoms with Crippen LogP contribution in [0, 0.1) is 0 Å². The first kappa shape index (κ1) is 12.4. The predicted molar refractivity (Wildman–Crippen MR) is 82.4 cm³/mol. The summed E-state index contributed by atoms with van der Waals surface area (Å²) in [5, 5.41) is 2.46. The third-order valence-corrected chi connectivity index (χ3v) is 4.83. The van der Waals surface area contributed by atoms with Gasteiger partial charge in [-0.1, -0.05) is 13.8 Å². The minimum Gasteiger partial charge on any atom is -0.497 e. The van der Waals surface area contributed by atoms with E-state index in [9.17, 15) is 0 Å². The molecule has 3 rings (SSSR count). The molecule has 98 valence electrons. The Morgan fingerprint density at radius 1 is 1.16 bits per heavy atom. The van der Waals surface area contributed by atoms with Crippen LogP contribution in [-0.2, 0) is 12.8 Å². The third-order valence-electron chi connectivity index (χ3n) is 3.54. The van der Waals surface area contributed by atoms with Crippen molar-refractivity contribution in [1.82, 2.24) is 4.98 Å². The van der Waals surface area contributed by atoms with Gasteiger partial charge in [0.25, 0.3) is 0 Å². The average Bonchev–Trinajstić information content (AvgIpc) is 2.80. The summed E-state index contributed by atoms with van der Waals surface area (Å²) >= 11 is 1.83. The zero-order chi connectivity index (χ0) is 13.4. The van der Waals surface area contributed by atoms with Crippen LogP contribution in [0.2, 0.25) is 0 Å². The van der Waals surface area contributed by atoms with Crippen molar-refractivity contribution in [3.63, 3.8) is 0 Å². The SMILES string of the molecule is CCc1sc2nc3ccc(OC)cc3cc2c1CC. The predicted octanol–water partition coefficient (Wildman–Crippen LogP) is 4.58. The van der Waals surface area contributed by atoms with Crippen molar-refractivity contribution in [3.05, 3.63) is 34.7 Å². The van der Waals surface area contributed by atoms with Crippen molar-refractivity contribution in [2.45, 2.75) is 26.7 Å². The molecule has 19 heavy (non-hydrogen) atoms. The highest BCUT2D eigenvalue weighted by molar-refractivity contribution is 7.18. The largest absolute Gasteiger partial charge is 0.497 e. The van der Waals surface area contributed by atoms with Gasteiger partial charge in [-0.3, -0.25) is 0 Å². The monoisotopic (exact) mass is 271 g/mol. The Balaban J connectivity index is 2.33. The van der Waals surface area contributed by atoms with E-state index in [-0.39, 0.29) is 0 Å². The van der Waals surface area contributed by atoms with Crippen molar-refractivity contribution in [2.24, 2.45) is 0 Å². The zero-order valence-electron chi connectivity index (χ0n) is 11.5. The number of thiophene rings is 1. The van der Waals surface area contributed by atoms with Crippen LogP contribution in [0.15, 0.2) is 24.3 Å². The van der Waals surface area contributed by atoms with Gasteiger partial charge >= 0.3 is 0 Å². The number of ether oxygens (including phenoxy) is 1. The maximum Gasteiger partial charge on any atom is 0.124 e. The second-order valence-electron chi connectivity index (χ2n) is 4.61. The van der Waals surface area contributed by atoms with Crippen LogP contribution < -0.4 is 4.74 Å². The molecule has 0 saturated heterocycles. The van der Waals surface area contributed by atoms with E-state index in [1.54, 1.807) is 7.11 Å². The fourth-order valence-corrected chi connectivity index (χ4v) is 3.75. The number of aryl methyl sites for hydroxylation is 2. The molecule has 2 nitrogen and oxygen atoms in total. The highest BCUT2D eigenvalue weighted by Gasteiger charge is 2.11. The molecule has 0 fully saturated rings. The Morgan fingerprint density at radius 2 is 2.00 bits per heavy atom. The van der Waals surface area contributed by atoms with Gasteiger partial charge in [0, 0.05) is 15.6 Å². The summed E-state index contributed by atoms with van der Waals surface area (Å²) in [6, 6.07) is 8.32. The smallest absolute Gasteiger partial charge is 0.124 e. The minimum atomic E-state index is 0.887. The quantitative estimate of drug-likeness (QED) is 0.695. The molecular formula is C16H17NOS. The van der Waals surface area contributed by atoms with E-state index >= 15 is 0 Å². The van der Waals surface area contributed by atoms with E-state index in [2.05, 4.69) is 26.0 Å². The van der Waals surface area contributed by atoms with Crippen molar-refractivity contribution >= 4 is 32.5 Å². The average molecular weight is 271 g/mol. The molecule has 3 heteroatoms. The maximum atomic E-state index is 5.29. The van der Waals surface area contributed by atoms with Gasteiger partial charge in [-0.2, -0.15) is 0 Å². The van der Waals surface area contributed by atoms with Gasteiger partial charge < -0.3 is 4.74 Å². The lowest BCUT2D eigenvalue weighted by atomic mass is 10.1. The van der Waals surface area contributed by atoms with Gasteiger partial charge in [0.05, 0.1) is 12.6 Å². The molecule has 0 bridgehead atoms. The molecule has 0 atom stereocenters. The summed E-state index contributed by atoms with van der Waals surface area (Å²) in [6.45, 7) is 4.43. The first-order valence-corrected chi connectivity index (χ1v) is 7.47. The summed E-state index contributed by atoms with van der Waals surface area (Å²) in [5.41, 5.74) is 2.50. The lowest BCUT2D eigenvalue weighted by Gasteiger charge is -2.03. The fourth-order valence-electron chi connectivity index (χ4n) is 2.56. The van der Waals surface area contributed by atoms with Gasteiger partial charge in [-0.05, 0) is 42.7 Å². The fraction of sp³-hybridized carbons (Fsp3) is 0.312. The normalized spacial score (nSPS) is 11.3. The Hall–Kier alpha value is -1.61. The standard InChI is InChI=1S/C16H17NOS/c1-4-12-13-9-10-8-11(18-3)6-7-14(10)17-16(13)19-15(12)5-2/h6-9H,4-5H2,1-3H3. The molecule has 0 aliphatic carbocycles. The Kier molecular flexibility index (Phi) is 3.15. The highest BCUT2D eigenvalue weighted by atomic mass is 32.1. The van der Waals surface area contributed by atoms with Crippen LogP contribution in [0.3, 0.4) is 0 Å². The van der Waals surface area contributed by atoms with E-state index in [4.69, 9.17) is 9.72 Å². The van der Waals surface area contributed by atoms with Crippen molar-refractivity contribution in [3.8, 4) is 5.75 Å². The van der Waals surface area contributed by atoms with Gasteiger partial charge in [0.1, 0.15) is 10.6 Å². The number of benzene rings is 1. The Morgan fingerprint density at radius 3 is 2.68 bits per heavy atom. The molecule has 3 aromatic rings. The molecule has 0 aliphatic heterocycles. The van der Waals surface area contributed by atoms with Gasteiger partial charge in [0.15, 0.2) is 0 Å². The van der Waals surface area contributed by atoms with E-state index in [1.165, 1.54) is 15.8 Å². The molecular weight excluding hydrogens is 254 g/mol. The van der Waals surface area contributed by atoms with Gasteiger partial charge in [0.2, 0.25) is 0 Å². The van der Waals surface area contributed by atoms with Gasteiger partial charge in [-0.15, -0.1) is 11.3 Å². The summed E-state index contributed by atoms with van der Waals surface area (Å²) in [4.78, 5) is 7.42. The van der Waals surface area contributed by atoms with E-state index in [0.29, 0.717) is 0 Å². The Labute approximate surface area is 117 Å². The summed E-state index contributed by atoms with van der Waals surface area (Å²) < 4.78 is 5.29. The number of pyridine rings is 1. The lowest BCUT2D eigenvalue weighted by Crippen LogP contribution is -1.86. The highest BCUT2D eigenvalue weighted by Crippen LogP contribution is 2.33. The molecule has 2 aromatic heterocycles. The van der Waals surface area contributed by atoms with Crippen molar-refractivity contribution in [1.29, 1.82) is 0 Å². The number of aromatic nitrogens is 1. The number of hydrogen-bond acceptors (Lipinski definition) is 3. The maximum absolute atomic E-state index is 5.29. The van der Waals surface area contributed by atoms with E-state index in [1.807, 2.05) is 23.5 Å². The topological polar surface area (TPSA) is 22.1 Å². The van der Waals surface area contributed by atoms with Crippen molar-refractivity contribution in [2.75, 3.05) is 7.11 Å².